The third-order valence-corrected chi connectivity index (χ3v) is 7.09. The van der Waals surface area contributed by atoms with Crippen LogP contribution in [0.25, 0.3) is 11.0 Å². The Labute approximate surface area is 175 Å². The molecule has 158 valence electrons. The highest BCUT2D eigenvalue weighted by atomic mass is 16.2. The fourth-order valence-corrected chi connectivity index (χ4v) is 5.34. The maximum absolute atomic E-state index is 13.2. The molecule has 8 heteroatoms. The number of rotatable bonds is 3. The van der Waals surface area contributed by atoms with E-state index in [4.69, 9.17) is 0 Å². The second kappa shape index (κ2) is 7.11. The van der Waals surface area contributed by atoms with Crippen LogP contribution in [-0.4, -0.2) is 56.2 Å². The van der Waals surface area contributed by atoms with Crippen molar-refractivity contribution in [2.24, 2.45) is 5.92 Å². The maximum atomic E-state index is 13.2. The molecule has 1 aliphatic carbocycles. The molecule has 3 fully saturated rings. The lowest BCUT2D eigenvalue weighted by atomic mass is 9.73. The number of imide groups is 1. The van der Waals surface area contributed by atoms with Crippen molar-refractivity contribution in [1.82, 2.24) is 25.1 Å². The largest absolute Gasteiger partial charge is 0.340 e. The molecule has 2 N–H and O–H groups in total. The fourth-order valence-electron chi connectivity index (χ4n) is 5.34. The Morgan fingerprint density at radius 1 is 1.20 bits per heavy atom. The Morgan fingerprint density at radius 2 is 2.03 bits per heavy atom. The molecule has 1 saturated carbocycles. The third kappa shape index (κ3) is 2.88. The molecule has 4 amide bonds. The molecule has 0 radical (unpaired) electrons. The summed E-state index contributed by atoms with van der Waals surface area (Å²) in [4.78, 5) is 49.8. The molecule has 1 aromatic carbocycles. The van der Waals surface area contributed by atoms with Crippen LogP contribution in [0.2, 0.25) is 0 Å². The number of urea groups is 1. The standard InChI is InChI=1S/C22H27N5O3/c1-14-7-4-5-11-22(14)20(29)27(21(30)25-22)13-18(28)26-12-6-10-17(26)19-23-15-8-2-3-9-16(15)24-19/h2-3,8-9,14,17H,4-7,10-13H2,1H3,(H,23,24)(H,25,30). The van der Waals surface area contributed by atoms with Gasteiger partial charge in [0, 0.05) is 6.54 Å². The van der Waals surface area contributed by atoms with Gasteiger partial charge in [0.1, 0.15) is 17.9 Å². The smallest absolute Gasteiger partial charge is 0.325 e. The normalized spacial score (nSPS) is 29.2. The number of imidazole rings is 1. The topological polar surface area (TPSA) is 98.4 Å². The van der Waals surface area contributed by atoms with Crippen LogP contribution in [0.1, 0.15) is 57.3 Å². The Hall–Kier alpha value is -2.90. The molecular formula is C22H27N5O3. The number of fused-ring (bicyclic) bond motifs is 1. The molecule has 2 aromatic rings. The van der Waals surface area contributed by atoms with Crippen LogP contribution in [0.3, 0.4) is 0 Å². The van der Waals surface area contributed by atoms with Gasteiger partial charge in [0.2, 0.25) is 5.91 Å². The number of nitrogens with zero attached hydrogens (tertiary/aromatic N) is 3. The van der Waals surface area contributed by atoms with Gasteiger partial charge in [-0.15, -0.1) is 0 Å². The number of carbonyl (C=O) groups is 3. The minimum atomic E-state index is -0.835. The van der Waals surface area contributed by atoms with Crippen LogP contribution in [0.15, 0.2) is 24.3 Å². The summed E-state index contributed by atoms with van der Waals surface area (Å²) < 4.78 is 0. The van der Waals surface area contributed by atoms with E-state index in [9.17, 15) is 14.4 Å². The fraction of sp³-hybridized carbons (Fsp3) is 0.545. The highest BCUT2D eigenvalue weighted by Gasteiger charge is 2.55. The van der Waals surface area contributed by atoms with E-state index < -0.39 is 11.6 Å². The first-order valence-corrected chi connectivity index (χ1v) is 10.9. The number of aromatic nitrogens is 2. The average molecular weight is 409 g/mol. The molecule has 3 atom stereocenters. The quantitative estimate of drug-likeness (QED) is 0.762. The second-order valence-corrected chi connectivity index (χ2v) is 8.82. The van der Waals surface area contributed by atoms with Crippen LogP contribution in [0.5, 0.6) is 0 Å². The molecule has 8 nitrogen and oxygen atoms in total. The molecule has 3 aliphatic rings. The van der Waals surface area contributed by atoms with E-state index in [1.165, 1.54) is 0 Å². The number of para-hydroxylation sites is 2. The summed E-state index contributed by atoms with van der Waals surface area (Å²) in [6.07, 6.45) is 5.22. The van der Waals surface area contributed by atoms with Crippen molar-refractivity contribution >= 4 is 28.9 Å². The van der Waals surface area contributed by atoms with Crippen molar-refractivity contribution in [2.75, 3.05) is 13.1 Å². The molecule has 2 aliphatic heterocycles. The first-order valence-electron chi connectivity index (χ1n) is 10.9. The van der Waals surface area contributed by atoms with Crippen molar-refractivity contribution in [3.05, 3.63) is 30.1 Å². The first-order chi connectivity index (χ1) is 14.5. The average Bonchev–Trinajstić information content (AvgIpc) is 3.43. The highest BCUT2D eigenvalue weighted by Crippen LogP contribution is 2.38. The maximum Gasteiger partial charge on any atom is 0.325 e. The van der Waals surface area contributed by atoms with Gasteiger partial charge in [-0.25, -0.2) is 9.78 Å². The summed E-state index contributed by atoms with van der Waals surface area (Å²) in [5.74, 6) is 0.393. The number of nitrogens with one attached hydrogen (secondary N) is 2. The number of benzene rings is 1. The van der Waals surface area contributed by atoms with Gasteiger partial charge in [-0.1, -0.05) is 31.9 Å². The number of hydrogen-bond acceptors (Lipinski definition) is 4. The minimum absolute atomic E-state index is 0.0814. The van der Waals surface area contributed by atoms with Crippen molar-refractivity contribution < 1.29 is 14.4 Å². The third-order valence-electron chi connectivity index (χ3n) is 7.09. The SMILES string of the molecule is CC1CCCCC12NC(=O)N(CC(=O)N1CCCC1c1nc3ccccc3[nH]1)C2=O. The zero-order valence-electron chi connectivity index (χ0n) is 17.2. The van der Waals surface area contributed by atoms with E-state index in [2.05, 4.69) is 15.3 Å². The summed E-state index contributed by atoms with van der Waals surface area (Å²) >= 11 is 0. The Balaban J connectivity index is 1.34. The number of aromatic amines is 1. The highest BCUT2D eigenvalue weighted by molar-refractivity contribution is 6.09. The molecule has 0 bridgehead atoms. The van der Waals surface area contributed by atoms with E-state index >= 15 is 0 Å². The molecular weight excluding hydrogens is 382 g/mol. The van der Waals surface area contributed by atoms with Crippen molar-refractivity contribution in [3.8, 4) is 0 Å². The molecule has 1 spiro atoms. The van der Waals surface area contributed by atoms with Gasteiger partial charge in [-0.2, -0.15) is 0 Å². The van der Waals surface area contributed by atoms with Crippen molar-refractivity contribution in [2.45, 2.75) is 57.0 Å². The number of carbonyl (C=O) groups excluding carboxylic acids is 3. The van der Waals surface area contributed by atoms with Gasteiger partial charge < -0.3 is 15.2 Å². The van der Waals surface area contributed by atoms with Crippen LogP contribution in [-0.2, 0) is 9.59 Å². The van der Waals surface area contributed by atoms with Gasteiger partial charge >= 0.3 is 6.03 Å². The predicted molar refractivity (Wildman–Crippen MR) is 110 cm³/mol. The van der Waals surface area contributed by atoms with E-state index in [0.29, 0.717) is 13.0 Å². The summed E-state index contributed by atoms with van der Waals surface area (Å²) in [6, 6.07) is 7.18. The predicted octanol–water partition coefficient (Wildman–Crippen LogP) is 2.73. The number of hydrogen-bond donors (Lipinski definition) is 2. The van der Waals surface area contributed by atoms with Gasteiger partial charge in [0.15, 0.2) is 0 Å². The van der Waals surface area contributed by atoms with Crippen LogP contribution >= 0.6 is 0 Å². The summed E-state index contributed by atoms with van der Waals surface area (Å²) in [5, 5.41) is 2.92. The monoisotopic (exact) mass is 409 g/mol. The molecule has 3 heterocycles. The zero-order chi connectivity index (χ0) is 20.9. The second-order valence-electron chi connectivity index (χ2n) is 8.82. The summed E-state index contributed by atoms with van der Waals surface area (Å²) in [7, 11) is 0. The first kappa shape index (κ1) is 19.1. The number of amides is 4. The van der Waals surface area contributed by atoms with E-state index in [1.807, 2.05) is 31.2 Å². The molecule has 5 rings (SSSR count). The molecule has 3 unspecified atom stereocenters. The Bertz CT molecular complexity index is 984. The lowest BCUT2D eigenvalue weighted by molar-refractivity contribution is -0.141. The van der Waals surface area contributed by atoms with Crippen LogP contribution < -0.4 is 5.32 Å². The number of likely N-dealkylation sites (tertiary alicyclic amines) is 1. The van der Waals surface area contributed by atoms with Gasteiger partial charge in [0.25, 0.3) is 5.91 Å². The van der Waals surface area contributed by atoms with Crippen LogP contribution in [0.4, 0.5) is 4.79 Å². The lowest BCUT2D eigenvalue weighted by Gasteiger charge is -2.36. The molecule has 1 aromatic heterocycles. The zero-order valence-corrected chi connectivity index (χ0v) is 17.2. The molecule has 2 saturated heterocycles. The van der Waals surface area contributed by atoms with Crippen LogP contribution in [0, 0.1) is 5.92 Å². The van der Waals surface area contributed by atoms with Gasteiger partial charge in [-0.3, -0.25) is 14.5 Å². The van der Waals surface area contributed by atoms with Crippen molar-refractivity contribution in [3.63, 3.8) is 0 Å². The lowest BCUT2D eigenvalue weighted by Crippen LogP contribution is -2.54. The van der Waals surface area contributed by atoms with Gasteiger partial charge in [-0.05, 0) is 43.7 Å². The minimum Gasteiger partial charge on any atom is -0.340 e. The van der Waals surface area contributed by atoms with E-state index in [-0.39, 0.29) is 30.3 Å². The Morgan fingerprint density at radius 3 is 2.83 bits per heavy atom. The Kier molecular flexibility index (Phi) is 4.52. The van der Waals surface area contributed by atoms with Crippen molar-refractivity contribution in [1.29, 1.82) is 0 Å². The van der Waals surface area contributed by atoms with E-state index in [1.54, 1.807) is 4.90 Å². The molecule has 30 heavy (non-hydrogen) atoms. The van der Waals surface area contributed by atoms with Gasteiger partial charge in [0.05, 0.1) is 17.1 Å². The summed E-state index contributed by atoms with van der Waals surface area (Å²) in [5.41, 5.74) is 0.974. The van der Waals surface area contributed by atoms with E-state index in [0.717, 1.165) is 53.9 Å². The number of H-pyrrole nitrogens is 1. The summed E-state index contributed by atoms with van der Waals surface area (Å²) in [6.45, 7) is 2.41.